The Morgan fingerprint density at radius 3 is 2.95 bits per heavy atom. The monoisotopic (exact) mass is 314 g/mol. The Labute approximate surface area is 131 Å². The predicted molar refractivity (Wildman–Crippen MR) is 85.4 cm³/mol. The highest BCUT2D eigenvalue weighted by molar-refractivity contribution is 7.15. The lowest BCUT2D eigenvalue weighted by Crippen LogP contribution is -2.02. The molecular weight excluding hydrogens is 300 g/mol. The summed E-state index contributed by atoms with van der Waals surface area (Å²) < 4.78 is 7.57. The Kier molecular flexibility index (Phi) is 4.20. The molecular formula is C16H14N2O3S. The van der Waals surface area contributed by atoms with E-state index in [1.165, 1.54) is 23.0 Å². The van der Waals surface area contributed by atoms with Crippen LogP contribution in [-0.4, -0.2) is 27.1 Å². The third kappa shape index (κ3) is 3.17. The van der Waals surface area contributed by atoms with Gasteiger partial charge in [-0.2, -0.15) is 4.98 Å². The highest BCUT2D eigenvalue weighted by Crippen LogP contribution is 2.24. The summed E-state index contributed by atoms with van der Waals surface area (Å²) in [5, 5.41) is 10.7. The first-order valence-electron chi connectivity index (χ1n) is 6.77. The average molecular weight is 314 g/mol. The summed E-state index contributed by atoms with van der Waals surface area (Å²) in [6, 6.07) is 10.0. The molecule has 22 heavy (non-hydrogen) atoms. The van der Waals surface area contributed by atoms with Crippen LogP contribution in [0.4, 0.5) is 0 Å². The Morgan fingerprint density at radius 2 is 2.18 bits per heavy atom. The number of rotatable bonds is 6. The van der Waals surface area contributed by atoms with E-state index in [0.717, 1.165) is 17.5 Å². The SMILES string of the molecule is O=C(O)C=Cc1c(OCCc2ccccc2)nc2sccn12. The maximum atomic E-state index is 10.7. The van der Waals surface area contributed by atoms with Crippen molar-refractivity contribution in [2.45, 2.75) is 6.42 Å². The minimum atomic E-state index is -1.000. The lowest BCUT2D eigenvalue weighted by molar-refractivity contribution is -0.131. The number of aliphatic carboxylic acids is 1. The molecule has 0 aliphatic carbocycles. The van der Waals surface area contributed by atoms with Crippen LogP contribution in [0.25, 0.3) is 11.0 Å². The van der Waals surface area contributed by atoms with Gasteiger partial charge in [-0.1, -0.05) is 30.3 Å². The average Bonchev–Trinajstić information content (AvgIpc) is 3.07. The zero-order valence-corrected chi connectivity index (χ0v) is 12.5. The van der Waals surface area contributed by atoms with Crippen LogP contribution < -0.4 is 4.74 Å². The molecule has 2 heterocycles. The summed E-state index contributed by atoms with van der Waals surface area (Å²) in [6.07, 6.45) is 5.21. The third-order valence-electron chi connectivity index (χ3n) is 3.12. The van der Waals surface area contributed by atoms with E-state index in [-0.39, 0.29) is 0 Å². The molecule has 1 N–H and O–H groups in total. The van der Waals surface area contributed by atoms with Gasteiger partial charge in [-0.3, -0.25) is 4.40 Å². The van der Waals surface area contributed by atoms with Gasteiger partial charge in [0.25, 0.3) is 0 Å². The summed E-state index contributed by atoms with van der Waals surface area (Å²) in [5.41, 5.74) is 1.83. The Balaban J connectivity index is 1.76. The van der Waals surface area contributed by atoms with E-state index in [4.69, 9.17) is 9.84 Å². The number of nitrogens with zero attached hydrogens (tertiary/aromatic N) is 2. The largest absolute Gasteiger partial charge is 0.478 e. The van der Waals surface area contributed by atoms with Gasteiger partial charge >= 0.3 is 5.97 Å². The van der Waals surface area contributed by atoms with Crippen molar-refractivity contribution < 1.29 is 14.6 Å². The van der Waals surface area contributed by atoms with Crippen molar-refractivity contribution in [2.75, 3.05) is 6.61 Å². The van der Waals surface area contributed by atoms with Gasteiger partial charge in [0.1, 0.15) is 5.69 Å². The number of carbonyl (C=O) groups is 1. The first-order chi connectivity index (χ1) is 10.7. The van der Waals surface area contributed by atoms with Crippen LogP contribution in [0, 0.1) is 0 Å². The highest BCUT2D eigenvalue weighted by atomic mass is 32.1. The Hall–Kier alpha value is -2.60. The molecule has 1 aromatic carbocycles. The number of aromatic nitrogens is 2. The van der Waals surface area contributed by atoms with Crippen molar-refractivity contribution in [1.29, 1.82) is 0 Å². The zero-order chi connectivity index (χ0) is 15.4. The van der Waals surface area contributed by atoms with E-state index in [1.54, 1.807) is 0 Å². The van der Waals surface area contributed by atoms with Crippen LogP contribution in [0.2, 0.25) is 0 Å². The van der Waals surface area contributed by atoms with Gasteiger partial charge in [0.05, 0.1) is 6.61 Å². The van der Waals surface area contributed by atoms with Gasteiger partial charge < -0.3 is 9.84 Å². The van der Waals surface area contributed by atoms with Crippen molar-refractivity contribution in [3.05, 3.63) is 59.2 Å². The standard InChI is InChI=1S/C16H14N2O3S/c19-14(20)7-6-13-15(17-16-18(13)9-11-22-16)21-10-8-12-4-2-1-3-5-12/h1-7,9,11H,8,10H2,(H,19,20). The van der Waals surface area contributed by atoms with Crippen LogP contribution in [0.3, 0.4) is 0 Å². The summed E-state index contributed by atoms with van der Waals surface area (Å²) >= 11 is 1.48. The third-order valence-corrected chi connectivity index (χ3v) is 3.88. The molecule has 6 heteroatoms. The van der Waals surface area contributed by atoms with Crippen LogP contribution >= 0.6 is 11.3 Å². The molecule has 0 amide bonds. The minimum absolute atomic E-state index is 0.459. The fraction of sp³-hybridized carbons (Fsp3) is 0.125. The second kappa shape index (κ2) is 6.44. The quantitative estimate of drug-likeness (QED) is 0.710. The zero-order valence-electron chi connectivity index (χ0n) is 11.7. The Bertz CT molecular complexity index is 805. The molecule has 0 radical (unpaired) electrons. The van der Waals surface area contributed by atoms with Gasteiger partial charge in [0, 0.05) is 24.1 Å². The molecule has 0 saturated carbocycles. The number of ether oxygens (including phenoxy) is 1. The Morgan fingerprint density at radius 1 is 1.36 bits per heavy atom. The smallest absolute Gasteiger partial charge is 0.328 e. The normalized spacial score (nSPS) is 11.3. The van der Waals surface area contributed by atoms with Crippen LogP contribution in [-0.2, 0) is 11.2 Å². The van der Waals surface area contributed by atoms with Gasteiger partial charge in [0.2, 0.25) is 5.88 Å². The number of imidazole rings is 1. The van der Waals surface area contributed by atoms with E-state index in [1.807, 2.05) is 46.3 Å². The van der Waals surface area contributed by atoms with Gasteiger partial charge in [-0.15, -0.1) is 11.3 Å². The van der Waals surface area contributed by atoms with Crippen molar-refractivity contribution in [3.63, 3.8) is 0 Å². The van der Waals surface area contributed by atoms with Crippen molar-refractivity contribution in [2.24, 2.45) is 0 Å². The van der Waals surface area contributed by atoms with Crippen LogP contribution in [0.15, 0.2) is 48.0 Å². The van der Waals surface area contributed by atoms with E-state index >= 15 is 0 Å². The molecule has 0 atom stereocenters. The fourth-order valence-electron chi connectivity index (χ4n) is 2.10. The number of carboxylic acid groups (broad SMARTS) is 1. The van der Waals surface area contributed by atoms with E-state index in [9.17, 15) is 4.79 Å². The topological polar surface area (TPSA) is 63.8 Å². The fourth-order valence-corrected chi connectivity index (χ4v) is 2.81. The molecule has 3 rings (SSSR count). The van der Waals surface area contributed by atoms with Crippen LogP contribution in [0.5, 0.6) is 5.88 Å². The molecule has 3 aromatic rings. The predicted octanol–water partition coefficient (Wildman–Crippen LogP) is 3.12. The maximum absolute atomic E-state index is 10.7. The lowest BCUT2D eigenvalue weighted by Gasteiger charge is -2.04. The lowest BCUT2D eigenvalue weighted by atomic mass is 10.2. The molecule has 0 bridgehead atoms. The van der Waals surface area contributed by atoms with E-state index in [0.29, 0.717) is 18.2 Å². The van der Waals surface area contributed by atoms with Crippen LogP contribution in [0.1, 0.15) is 11.3 Å². The second-order valence-electron chi connectivity index (χ2n) is 4.61. The number of hydrogen-bond acceptors (Lipinski definition) is 4. The van der Waals surface area contributed by atoms with Crippen molar-refractivity contribution in [3.8, 4) is 5.88 Å². The summed E-state index contributed by atoms with van der Waals surface area (Å²) in [4.78, 5) is 15.9. The summed E-state index contributed by atoms with van der Waals surface area (Å²) in [6.45, 7) is 0.489. The number of thiazole rings is 1. The number of benzene rings is 1. The first-order valence-corrected chi connectivity index (χ1v) is 7.65. The molecule has 5 nitrogen and oxygen atoms in total. The van der Waals surface area contributed by atoms with Crippen molar-refractivity contribution in [1.82, 2.24) is 9.38 Å². The van der Waals surface area contributed by atoms with Gasteiger partial charge in [-0.25, -0.2) is 4.79 Å². The summed E-state index contributed by atoms with van der Waals surface area (Å²) in [7, 11) is 0. The molecule has 0 aliphatic rings. The van der Waals surface area contributed by atoms with Gasteiger partial charge in [-0.05, 0) is 11.6 Å². The van der Waals surface area contributed by atoms with E-state index < -0.39 is 5.97 Å². The molecule has 0 saturated heterocycles. The van der Waals surface area contributed by atoms with E-state index in [2.05, 4.69) is 4.98 Å². The molecule has 2 aromatic heterocycles. The maximum Gasteiger partial charge on any atom is 0.328 e. The number of carboxylic acids is 1. The molecule has 0 unspecified atom stereocenters. The molecule has 112 valence electrons. The number of hydrogen-bond donors (Lipinski definition) is 1. The second-order valence-corrected chi connectivity index (χ2v) is 5.49. The highest BCUT2D eigenvalue weighted by Gasteiger charge is 2.12. The molecule has 0 spiro atoms. The molecule has 0 aliphatic heterocycles. The minimum Gasteiger partial charge on any atom is -0.478 e. The summed E-state index contributed by atoms with van der Waals surface area (Å²) in [5.74, 6) is -0.541. The van der Waals surface area contributed by atoms with Crippen molar-refractivity contribution >= 4 is 28.3 Å². The number of fused-ring (bicyclic) bond motifs is 1. The first kappa shape index (κ1) is 14.3. The molecule has 0 fully saturated rings. The van der Waals surface area contributed by atoms with Gasteiger partial charge in [0.15, 0.2) is 4.96 Å².